The van der Waals surface area contributed by atoms with Gasteiger partial charge < -0.3 is 15.7 Å². The summed E-state index contributed by atoms with van der Waals surface area (Å²) in [6, 6.07) is 7.01. The van der Waals surface area contributed by atoms with Crippen molar-refractivity contribution in [3.05, 3.63) is 29.8 Å². The Hall–Kier alpha value is -1.26. The van der Waals surface area contributed by atoms with Crippen molar-refractivity contribution < 1.29 is 9.90 Å². The molecular formula is C13H19ClN2O2. The summed E-state index contributed by atoms with van der Waals surface area (Å²) >= 11 is 0. The highest BCUT2D eigenvalue weighted by molar-refractivity contribution is 5.88. The Balaban J connectivity index is 0.00000162. The van der Waals surface area contributed by atoms with E-state index in [1.165, 1.54) is 6.42 Å². The number of carbonyl (C=O) groups is 1. The van der Waals surface area contributed by atoms with Crippen molar-refractivity contribution >= 4 is 24.1 Å². The Morgan fingerprint density at radius 2 is 2.11 bits per heavy atom. The molecule has 0 saturated carbocycles. The van der Waals surface area contributed by atoms with Gasteiger partial charge in [-0.3, -0.25) is 0 Å². The summed E-state index contributed by atoms with van der Waals surface area (Å²) < 4.78 is 0. The Labute approximate surface area is 113 Å². The number of nitrogens with zero attached hydrogens (tertiary/aromatic N) is 1. The first kappa shape index (κ1) is 14.8. The topological polar surface area (TPSA) is 66.6 Å². The molecule has 1 aromatic rings. The fraction of sp³-hybridized carbons (Fsp3) is 0.462. The predicted molar refractivity (Wildman–Crippen MR) is 74.4 cm³/mol. The van der Waals surface area contributed by atoms with Crippen molar-refractivity contribution in [3.63, 3.8) is 0 Å². The van der Waals surface area contributed by atoms with E-state index in [0.717, 1.165) is 31.5 Å². The molecule has 100 valence electrons. The average molecular weight is 271 g/mol. The summed E-state index contributed by atoms with van der Waals surface area (Å²) in [7, 11) is 0. The van der Waals surface area contributed by atoms with Crippen molar-refractivity contribution in [3.8, 4) is 0 Å². The highest BCUT2D eigenvalue weighted by Crippen LogP contribution is 2.22. The Kier molecular flexibility index (Phi) is 5.44. The first-order valence-corrected chi connectivity index (χ1v) is 6.04. The van der Waals surface area contributed by atoms with Crippen LogP contribution in [0.25, 0.3) is 0 Å². The van der Waals surface area contributed by atoms with Crippen LogP contribution in [0, 0.1) is 0 Å². The summed E-state index contributed by atoms with van der Waals surface area (Å²) in [6.07, 6.45) is 4.43. The molecule has 1 aliphatic rings. The van der Waals surface area contributed by atoms with Crippen LogP contribution in [0.3, 0.4) is 0 Å². The fourth-order valence-electron chi connectivity index (χ4n) is 2.27. The zero-order chi connectivity index (χ0) is 12.3. The number of anilines is 1. The van der Waals surface area contributed by atoms with Gasteiger partial charge in [0.05, 0.1) is 11.7 Å². The molecule has 1 aromatic carbocycles. The molecule has 1 unspecified atom stereocenters. The fourth-order valence-corrected chi connectivity index (χ4v) is 2.27. The summed E-state index contributed by atoms with van der Waals surface area (Å²) in [5.41, 5.74) is 7.35. The molecule has 5 heteroatoms. The van der Waals surface area contributed by atoms with Crippen LogP contribution in [0.5, 0.6) is 0 Å². The Morgan fingerprint density at radius 3 is 2.83 bits per heavy atom. The predicted octanol–water partition coefficient (Wildman–Crippen LogP) is 2.47. The van der Waals surface area contributed by atoms with Gasteiger partial charge in [0.25, 0.3) is 0 Å². The number of hydrogen-bond donors (Lipinski definition) is 2. The largest absolute Gasteiger partial charge is 0.478 e. The second-order valence-electron chi connectivity index (χ2n) is 4.47. The van der Waals surface area contributed by atoms with Crippen LogP contribution < -0.4 is 10.6 Å². The lowest BCUT2D eigenvalue weighted by Crippen LogP contribution is -2.41. The van der Waals surface area contributed by atoms with Gasteiger partial charge in [0.2, 0.25) is 0 Å². The van der Waals surface area contributed by atoms with E-state index in [4.69, 9.17) is 10.8 Å². The third kappa shape index (κ3) is 3.37. The highest BCUT2D eigenvalue weighted by Gasteiger charge is 2.18. The lowest BCUT2D eigenvalue weighted by molar-refractivity contribution is 0.0697. The maximum absolute atomic E-state index is 10.9. The van der Waals surface area contributed by atoms with E-state index in [1.807, 2.05) is 6.07 Å². The van der Waals surface area contributed by atoms with Gasteiger partial charge >= 0.3 is 5.97 Å². The molecule has 1 aliphatic heterocycles. The normalized spacial score (nSPS) is 19.8. The Morgan fingerprint density at radius 1 is 1.33 bits per heavy atom. The quantitative estimate of drug-likeness (QED) is 0.866. The third-order valence-electron chi connectivity index (χ3n) is 3.22. The molecule has 0 bridgehead atoms. The van der Waals surface area contributed by atoms with Crippen molar-refractivity contribution in [1.29, 1.82) is 0 Å². The molecular weight excluding hydrogens is 252 g/mol. The second-order valence-corrected chi connectivity index (χ2v) is 4.47. The van der Waals surface area contributed by atoms with E-state index in [2.05, 4.69) is 4.90 Å². The number of benzene rings is 1. The van der Waals surface area contributed by atoms with Crippen molar-refractivity contribution in [1.82, 2.24) is 0 Å². The molecule has 0 amide bonds. The molecule has 1 saturated heterocycles. The highest BCUT2D eigenvalue weighted by atomic mass is 35.5. The molecule has 1 atom stereocenters. The molecule has 0 radical (unpaired) electrons. The average Bonchev–Trinajstić information content (AvgIpc) is 2.54. The van der Waals surface area contributed by atoms with Gasteiger partial charge in [-0.15, -0.1) is 12.4 Å². The van der Waals surface area contributed by atoms with E-state index in [9.17, 15) is 4.79 Å². The molecule has 4 nitrogen and oxygen atoms in total. The zero-order valence-corrected chi connectivity index (χ0v) is 11.0. The molecule has 0 aromatic heterocycles. The Bertz CT molecular complexity index is 412. The summed E-state index contributed by atoms with van der Waals surface area (Å²) in [5, 5.41) is 8.98. The molecule has 2 rings (SSSR count). The SMILES string of the molecule is Cl.NC1CCCCCN1c1cccc(C(=O)O)c1. The lowest BCUT2D eigenvalue weighted by atomic mass is 10.1. The lowest BCUT2D eigenvalue weighted by Gasteiger charge is -2.29. The number of carboxylic acid groups (broad SMARTS) is 1. The van der Waals surface area contributed by atoms with Crippen LogP contribution in [-0.2, 0) is 0 Å². The van der Waals surface area contributed by atoms with Gasteiger partial charge in [-0.2, -0.15) is 0 Å². The van der Waals surface area contributed by atoms with E-state index in [-0.39, 0.29) is 18.6 Å². The number of halogens is 1. The van der Waals surface area contributed by atoms with Gasteiger partial charge in [0.1, 0.15) is 0 Å². The first-order valence-electron chi connectivity index (χ1n) is 6.04. The van der Waals surface area contributed by atoms with Gasteiger partial charge in [-0.1, -0.05) is 12.5 Å². The number of carboxylic acids is 1. The van der Waals surface area contributed by atoms with Gasteiger partial charge in [-0.05, 0) is 37.5 Å². The van der Waals surface area contributed by atoms with E-state index in [0.29, 0.717) is 5.56 Å². The van der Waals surface area contributed by atoms with Crippen LogP contribution >= 0.6 is 12.4 Å². The number of nitrogens with two attached hydrogens (primary N) is 1. The maximum Gasteiger partial charge on any atom is 0.335 e. The molecule has 1 heterocycles. The summed E-state index contributed by atoms with van der Waals surface area (Å²) in [6.45, 7) is 0.907. The van der Waals surface area contributed by atoms with Crippen molar-refractivity contribution in [2.24, 2.45) is 5.73 Å². The number of hydrogen-bond acceptors (Lipinski definition) is 3. The van der Waals surface area contributed by atoms with Crippen molar-refractivity contribution in [2.45, 2.75) is 31.8 Å². The zero-order valence-electron chi connectivity index (χ0n) is 10.2. The molecule has 18 heavy (non-hydrogen) atoms. The van der Waals surface area contributed by atoms with E-state index >= 15 is 0 Å². The van der Waals surface area contributed by atoms with Crippen LogP contribution in [-0.4, -0.2) is 23.8 Å². The van der Waals surface area contributed by atoms with Gasteiger partial charge in [0.15, 0.2) is 0 Å². The summed E-state index contributed by atoms with van der Waals surface area (Å²) in [5.74, 6) is -0.893. The van der Waals surface area contributed by atoms with E-state index in [1.54, 1.807) is 18.2 Å². The molecule has 0 spiro atoms. The minimum atomic E-state index is -0.893. The van der Waals surface area contributed by atoms with Gasteiger partial charge in [-0.25, -0.2) is 4.79 Å². The minimum absolute atomic E-state index is 0. The molecule has 3 N–H and O–H groups in total. The van der Waals surface area contributed by atoms with Crippen LogP contribution in [0.15, 0.2) is 24.3 Å². The first-order chi connectivity index (χ1) is 8.18. The van der Waals surface area contributed by atoms with Crippen molar-refractivity contribution in [2.75, 3.05) is 11.4 Å². The second kappa shape index (κ2) is 6.61. The van der Waals surface area contributed by atoms with Crippen LogP contribution in [0.1, 0.15) is 36.0 Å². The maximum atomic E-state index is 10.9. The minimum Gasteiger partial charge on any atom is -0.478 e. The smallest absolute Gasteiger partial charge is 0.335 e. The molecule has 0 aliphatic carbocycles. The van der Waals surface area contributed by atoms with E-state index < -0.39 is 5.97 Å². The monoisotopic (exact) mass is 270 g/mol. The molecule has 1 fully saturated rings. The third-order valence-corrected chi connectivity index (χ3v) is 3.22. The van der Waals surface area contributed by atoms with Crippen LogP contribution in [0.4, 0.5) is 5.69 Å². The standard InChI is InChI=1S/C13H18N2O2.ClH/c14-12-7-2-1-3-8-15(12)11-6-4-5-10(9-11)13(16)17;/h4-6,9,12H,1-3,7-8,14H2,(H,16,17);1H. The van der Waals surface area contributed by atoms with Gasteiger partial charge in [0, 0.05) is 12.2 Å². The number of aromatic carboxylic acids is 1. The van der Waals surface area contributed by atoms with Crippen LogP contribution in [0.2, 0.25) is 0 Å². The number of rotatable bonds is 2. The summed E-state index contributed by atoms with van der Waals surface area (Å²) in [4.78, 5) is 13.0.